The Bertz CT molecular complexity index is 961. The molecule has 0 aliphatic carbocycles. The first-order chi connectivity index (χ1) is 14.1. The Morgan fingerprint density at radius 3 is 2.53 bits per heavy atom. The predicted octanol–water partition coefficient (Wildman–Crippen LogP) is 2.98. The van der Waals surface area contributed by atoms with Gasteiger partial charge in [-0.2, -0.15) is 5.10 Å². The number of ether oxygens (including phenoxy) is 3. The SMILES string of the molecule is COc1ccc(OC)c(NC(=O)c2c3c(nn2C)CCN(C(=O)OC(C)(C)C)C3)c1. The highest BCUT2D eigenvalue weighted by Gasteiger charge is 2.31. The summed E-state index contributed by atoms with van der Waals surface area (Å²) in [4.78, 5) is 27.2. The highest BCUT2D eigenvalue weighted by molar-refractivity contribution is 6.05. The van der Waals surface area contributed by atoms with E-state index in [1.165, 1.54) is 7.11 Å². The normalized spacial score (nSPS) is 13.5. The molecule has 162 valence electrons. The Kier molecular flexibility index (Phi) is 5.91. The molecule has 30 heavy (non-hydrogen) atoms. The van der Waals surface area contributed by atoms with E-state index in [-0.39, 0.29) is 12.5 Å². The minimum Gasteiger partial charge on any atom is -0.497 e. The van der Waals surface area contributed by atoms with Gasteiger partial charge in [-0.3, -0.25) is 9.48 Å². The molecule has 0 saturated carbocycles. The van der Waals surface area contributed by atoms with Gasteiger partial charge in [-0.1, -0.05) is 0 Å². The molecule has 1 aliphatic heterocycles. The van der Waals surface area contributed by atoms with Crippen molar-refractivity contribution < 1.29 is 23.8 Å². The number of hydrogen-bond donors (Lipinski definition) is 1. The van der Waals surface area contributed by atoms with Crippen molar-refractivity contribution in [2.24, 2.45) is 7.05 Å². The average molecular weight is 416 g/mol. The fraction of sp³-hybridized carbons (Fsp3) is 0.476. The van der Waals surface area contributed by atoms with Crippen molar-refractivity contribution in [3.63, 3.8) is 0 Å². The maximum absolute atomic E-state index is 13.1. The lowest BCUT2D eigenvalue weighted by Gasteiger charge is -2.29. The van der Waals surface area contributed by atoms with Crippen molar-refractivity contribution in [1.82, 2.24) is 14.7 Å². The molecule has 0 unspecified atom stereocenters. The van der Waals surface area contributed by atoms with E-state index >= 15 is 0 Å². The molecule has 9 nitrogen and oxygen atoms in total. The summed E-state index contributed by atoms with van der Waals surface area (Å²) in [6.07, 6.45) is 0.149. The quantitative estimate of drug-likeness (QED) is 0.823. The summed E-state index contributed by atoms with van der Waals surface area (Å²) in [5, 5.41) is 7.35. The van der Waals surface area contributed by atoms with Gasteiger partial charge in [0.2, 0.25) is 0 Å². The number of aryl methyl sites for hydroxylation is 1. The van der Waals surface area contributed by atoms with Crippen LogP contribution in [0.25, 0.3) is 0 Å². The van der Waals surface area contributed by atoms with Gasteiger partial charge in [-0.05, 0) is 32.9 Å². The first-order valence-corrected chi connectivity index (χ1v) is 9.69. The van der Waals surface area contributed by atoms with E-state index in [0.29, 0.717) is 41.4 Å². The Morgan fingerprint density at radius 2 is 1.90 bits per heavy atom. The molecule has 9 heteroatoms. The standard InChI is InChI=1S/C21H28N4O5/c1-21(2,3)30-20(27)25-10-9-15-14(12-25)18(24(4)23-15)19(26)22-16-11-13(28-5)7-8-17(16)29-6/h7-8,11H,9-10,12H2,1-6H3,(H,22,26). The number of hydrogen-bond acceptors (Lipinski definition) is 6. The van der Waals surface area contributed by atoms with Crippen LogP contribution in [0.3, 0.4) is 0 Å². The van der Waals surface area contributed by atoms with Crippen molar-refractivity contribution in [3.8, 4) is 11.5 Å². The fourth-order valence-electron chi connectivity index (χ4n) is 3.36. The molecular weight excluding hydrogens is 388 g/mol. The lowest BCUT2D eigenvalue weighted by molar-refractivity contribution is 0.0222. The van der Waals surface area contributed by atoms with E-state index in [0.717, 1.165) is 5.69 Å². The van der Waals surface area contributed by atoms with Crippen LogP contribution in [-0.2, 0) is 24.8 Å². The highest BCUT2D eigenvalue weighted by atomic mass is 16.6. The summed E-state index contributed by atoms with van der Waals surface area (Å²) < 4.78 is 17.6. The van der Waals surface area contributed by atoms with Gasteiger partial charge in [0.05, 0.1) is 32.1 Å². The molecular formula is C21H28N4O5. The zero-order valence-electron chi connectivity index (χ0n) is 18.2. The zero-order valence-corrected chi connectivity index (χ0v) is 18.2. The maximum atomic E-state index is 13.1. The summed E-state index contributed by atoms with van der Waals surface area (Å²) >= 11 is 0. The van der Waals surface area contributed by atoms with Crippen LogP contribution < -0.4 is 14.8 Å². The number of carbonyl (C=O) groups is 2. The fourth-order valence-corrected chi connectivity index (χ4v) is 3.36. The average Bonchev–Trinajstić information content (AvgIpc) is 3.01. The third-order valence-electron chi connectivity index (χ3n) is 4.72. The summed E-state index contributed by atoms with van der Waals surface area (Å²) in [5.41, 5.74) is 1.81. The van der Waals surface area contributed by atoms with Crippen molar-refractivity contribution in [3.05, 3.63) is 35.2 Å². The van der Waals surface area contributed by atoms with Gasteiger partial charge in [-0.25, -0.2) is 4.79 Å². The van der Waals surface area contributed by atoms with Gasteiger partial charge >= 0.3 is 6.09 Å². The molecule has 1 aliphatic rings. The number of nitrogens with zero attached hydrogens (tertiary/aromatic N) is 3. The monoisotopic (exact) mass is 416 g/mol. The maximum Gasteiger partial charge on any atom is 0.410 e. The van der Waals surface area contributed by atoms with Crippen molar-refractivity contribution in [1.29, 1.82) is 0 Å². The second kappa shape index (κ2) is 8.25. The minimum absolute atomic E-state index is 0.260. The van der Waals surface area contributed by atoms with Crippen molar-refractivity contribution >= 4 is 17.7 Å². The molecule has 0 spiro atoms. The Morgan fingerprint density at radius 1 is 1.17 bits per heavy atom. The van der Waals surface area contributed by atoms with Gasteiger partial charge in [0, 0.05) is 31.6 Å². The second-order valence-electron chi connectivity index (χ2n) is 8.07. The van der Waals surface area contributed by atoms with Crippen LogP contribution in [0.4, 0.5) is 10.5 Å². The van der Waals surface area contributed by atoms with Gasteiger partial charge in [0.15, 0.2) is 0 Å². The molecule has 0 fully saturated rings. The molecule has 2 heterocycles. The van der Waals surface area contributed by atoms with Crippen LogP contribution in [0.15, 0.2) is 18.2 Å². The Hall–Kier alpha value is -3.23. The van der Waals surface area contributed by atoms with E-state index in [2.05, 4.69) is 10.4 Å². The minimum atomic E-state index is -0.588. The molecule has 0 bridgehead atoms. The number of amides is 2. The van der Waals surface area contributed by atoms with Crippen LogP contribution in [0.1, 0.15) is 42.5 Å². The Labute approximate surface area is 175 Å². The lowest BCUT2D eigenvalue weighted by atomic mass is 10.1. The number of carbonyl (C=O) groups excluding carboxylic acids is 2. The van der Waals surface area contributed by atoms with Gasteiger partial charge in [-0.15, -0.1) is 0 Å². The smallest absolute Gasteiger partial charge is 0.410 e. The number of methoxy groups -OCH3 is 2. The molecule has 1 N–H and O–H groups in total. The predicted molar refractivity (Wildman–Crippen MR) is 111 cm³/mol. The molecule has 0 atom stereocenters. The third kappa shape index (κ3) is 4.50. The van der Waals surface area contributed by atoms with Crippen molar-refractivity contribution in [2.75, 3.05) is 26.1 Å². The van der Waals surface area contributed by atoms with Crippen LogP contribution in [0.5, 0.6) is 11.5 Å². The molecule has 0 saturated heterocycles. The molecule has 0 radical (unpaired) electrons. The topological polar surface area (TPSA) is 94.9 Å². The van der Waals surface area contributed by atoms with E-state index < -0.39 is 11.7 Å². The van der Waals surface area contributed by atoms with E-state index in [9.17, 15) is 9.59 Å². The molecule has 2 aromatic rings. The van der Waals surface area contributed by atoms with Crippen LogP contribution in [0.2, 0.25) is 0 Å². The highest BCUT2D eigenvalue weighted by Crippen LogP contribution is 2.30. The number of benzene rings is 1. The zero-order chi connectivity index (χ0) is 22.1. The summed E-state index contributed by atoms with van der Waals surface area (Å²) in [7, 11) is 4.80. The summed E-state index contributed by atoms with van der Waals surface area (Å²) in [6, 6.07) is 5.16. The molecule has 3 rings (SSSR count). The van der Waals surface area contributed by atoms with Gasteiger partial charge < -0.3 is 24.4 Å². The van der Waals surface area contributed by atoms with E-state index in [4.69, 9.17) is 14.2 Å². The van der Waals surface area contributed by atoms with Crippen LogP contribution >= 0.6 is 0 Å². The van der Waals surface area contributed by atoms with Crippen LogP contribution in [-0.4, -0.2) is 53.0 Å². The molecule has 2 amide bonds. The number of aromatic nitrogens is 2. The van der Waals surface area contributed by atoms with E-state index in [1.54, 1.807) is 41.9 Å². The molecule has 1 aromatic carbocycles. The van der Waals surface area contributed by atoms with Crippen molar-refractivity contribution in [2.45, 2.75) is 39.3 Å². The number of anilines is 1. The molecule has 1 aromatic heterocycles. The number of rotatable bonds is 4. The number of fused-ring (bicyclic) bond motifs is 1. The lowest BCUT2D eigenvalue weighted by Crippen LogP contribution is -2.40. The largest absolute Gasteiger partial charge is 0.497 e. The summed E-state index contributed by atoms with van der Waals surface area (Å²) in [6.45, 7) is 6.22. The first kappa shape index (κ1) is 21.5. The summed E-state index contributed by atoms with van der Waals surface area (Å²) in [5.74, 6) is 0.758. The third-order valence-corrected chi connectivity index (χ3v) is 4.72. The Balaban J connectivity index is 1.86. The van der Waals surface area contributed by atoms with Crippen LogP contribution in [0, 0.1) is 0 Å². The van der Waals surface area contributed by atoms with Gasteiger partial charge in [0.1, 0.15) is 22.8 Å². The number of nitrogens with one attached hydrogen (secondary N) is 1. The van der Waals surface area contributed by atoms with Gasteiger partial charge in [0.25, 0.3) is 5.91 Å². The second-order valence-corrected chi connectivity index (χ2v) is 8.07. The first-order valence-electron chi connectivity index (χ1n) is 9.69. The van der Waals surface area contributed by atoms with E-state index in [1.807, 2.05) is 20.8 Å².